The van der Waals surface area contributed by atoms with E-state index in [2.05, 4.69) is 21.1 Å². The highest BCUT2D eigenvalue weighted by molar-refractivity contribution is 9.10. The van der Waals surface area contributed by atoms with Gasteiger partial charge in [-0.15, -0.1) is 0 Å². The molecule has 94 valence electrons. The number of benzene rings is 1. The first-order chi connectivity index (χ1) is 8.63. The molecule has 0 bridgehead atoms. The summed E-state index contributed by atoms with van der Waals surface area (Å²) in [6.45, 7) is 1.97. The van der Waals surface area contributed by atoms with Gasteiger partial charge in [-0.1, -0.05) is 40.1 Å². The summed E-state index contributed by atoms with van der Waals surface area (Å²) in [7, 11) is 0. The van der Waals surface area contributed by atoms with Crippen molar-refractivity contribution in [1.29, 1.82) is 0 Å². The van der Waals surface area contributed by atoms with Crippen LogP contribution in [-0.4, -0.2) is 16.2 Å². The minimum atomic E-state index is -1.00. The van der Waals surface area contributed by atoms with E-state index >= 15 is 0 Å². The first kappa shape index (κ1) is 12.8. The Morgan fingerprint density at radius 3 is 2.89 bits per heavy atom. The fourth-order valence-corrected chi connectivity index (χ4v) is 2.17. The normalized spacial score (nSPS) is 10.6. The summed E-state index contributed by atoms with van der Waals surface area (Å²) >= 11 is 3.35. The summed E-state index contributed by atoms with van der Waals surface area (Å²) < 4.78 is 6.02. The maximum absolute atomic E-state index is 11.3. The zero-order valence-electron chi connectivity index (χ0n) is 9.81. The first-order valence-electron chi connectivity index (χ1n) is 5.61. The van der Waals surface area contributed by atoms with E-state index in [9.17, 15) is 9.90 Å². The molecule has 1 aromatic carbocycles. The van der Waals surface area contributed by atoms with E-state index in [1.807, 2.05) is 31.2 Å². The van der Waals surface area contributed by atoms with Crippen molar-refractivity contribution >= 4 is 21.9 Å². The van der Waals surface area contributed by atoms with Gasteiger partial charge < -0.3 is 9.63 Å². The van der Waals surface area contributed by atoms with Crippen LogP contribution < -0.4 is 0 Å². The van der Waals surface area contributed by atoms with E-state index < -0.39 is 5.97 Å². The van der Waals surface area contributed by atoms with E-state index in [4.69, 9.17) is 4.52 Å². The van der Waals surface area contributed by atoms with Crippen molar-refractivity contribution in [3.05, 3.63) is 40.1 Å². The quantitative estimate of drug-likeness (QED) is 0.934. The molecule has 0 saturated heterocycles. The minimum Gasteiger partial charge on any atom is -0.477 e. The second-order valence-electron chi connectivity index (χ2n) is 3.89. The molecule has 0 saturated carbocycles. The SMILES string of the molecule is CCCc1onc(-c2cccc(Br)c2)c1C(=O)O. The third kappa shape index (κ3) is 2.46. The van der Waals surface area contributed by atoms with Gasteiger partial charge in [0.2, 0.25) is 0 Å². The number of hydrogen-bond donors (Lipinski definition) is 1. The maximum atomic E-state index is 11.3. The van der Waals surface area contributed by atoms with Gasteiger partial charge in [0.1, 0.15) is 11.3 Å². The van der Waals surface area contributed by atoms with Crippen LogP contribution in [0.1, 0.15) is 29.5 Å². The van der Waals surface area contributed by atoms with Gasteiger partial charge in [0.05, 0.1) is 0 Å². The molecule has 0 radical (unpaired) electrons. The molecule has 1 heterocycles. The standard InChI is InChI=1S/C13H12BrNO3/c1-2-4-10-11(13(16)17)12(15-18-10)8-5-3-6-9(14)7-8/h3,5-7H,2,4H2,1H3,(H,16,17). The van der Waals surface area contributed by atoms with Gasteiger partial charge >= 0.3 is 5.97 Å². The molecule has 0 aliphatic rings. The highest BCUT2D eigenvalue weighted by Gasteiger charge is 2.22. The predicted molar refractivity (Wildman–Crippen MR) is 70.6 cm³/mol. The lowest BCUT2D eigenvalue weighted by Crippen LogP contribution is -2.01. The van der Waals surface area contributed by atoms with Crippen molar-refractivity contribution in [3.63, 3.8) is 0 Å². The van der Waals surface area contributed by atoms with Crippen LogP contribution in [0.2, 0.25) is 0 Å². The average Bonchev–Trinajstić information content (AvgIpc) is 2.73. The highest BCUT2D eigenvalue weighted by Crippen LogP contribution is 2.28. The van der Waals surface area contributed by atoms with Crippen molar-refractivity contribution in [2.45, 2.75) is 19.8 Å². The molecule has 2 rings (SSSR count). The molecule has 18 heavy (non-hydrogen) atoms. The van der Waals surface area contributed by atoms with Crippen molar-refractivity contribution in [2.75, 3.05) is 0 Å². The van der Waals surface area contributed by atoms with E-state index in [0.29, 0.717) is 17.9 Å². The van der Waals surface area contributed by atoms with Crippen LogP contribution in [0.3, 0.4) is 0 Å². The van der Waals surface area contributed by atoms with Crippen LogP contribution in [-0.2, 0) is 6.42 Å². The molecule has 0 atom stereocenters. The van der Waals surface area contributed by atoms with Gasteiger partial charge in [0.15, 0.2) is 5.76 Å². The molecule has 0 aliphatic heterocycles. The number of aryl methyl sites for hydroxylation is 1. The van der Waals surface area contributed by atoms with Gasteiger partial charge in [-0.05, 0) is 18.6 Å². The Kier molecular flexibility index (Phi) is 3.81. The predicted octanol–water partition coefficient (Wildman–Crippen LogP) is 3.75. The number of carbonyl (C=O) groups is 1. The number of aromatic carboxylic acids is 1. The second-order valence-corrected chi connectivity index (χ2v) is 4.81. The monoisotopic (exact) mass is 309 g/mol. The lowest BCUT2D eigenvalue weighted by Gasteiger charge is -1.99. The van der Waals surface area contributed by atoms with E-state index in [1.165, 1.54) is 0 Å². The number of nitrogens with zero attached hydrogens (tertiary/aromatic N) is 1. The minimum absolute atomic E-state index is 0.162. The summed E-state index contributed by atoms with van der Waals surface area (Å²) in [5.41, 5.74) is 1.27. The highest BCUT2D eigenvalue weighted by atomic mass is 79.9. The maximum Gasteiger partial charge on any atom is 0.341 e. The van der Waals surface area contributed by atoms with E-state index in [1.54, 1.807) is 0 Å². The molecule has 0 aliphatic carbocycles. The van der Waals surface area contributed by atoms with Crippen LogP contribution in [0.15, 0.2) is 33.3 Å². The molecule has 0 spiro atoms. The second kappa shape index (κ2) is 5.35. The summed E-state index contributed by atoms with van der Waals surface area (Å²) in [6.07, 6.45) is 1.38. The van der Waals surface area contributed by atoms with Crippen molar-refractivity contribution in [2.24, 2.45) is 0 Å². The van der Waals surface area contributed by atoms with Gasteiger partial charge in [-0.25, -0.2) is 4.79 Å². The number of hydrogen-bond acceptors (Lipinski definition) is 3. The molecule has 1 aromatic heterocycles. The number of halogens is 1. The number of carboxylic acid groups (broad SMARTS) is 1. The smallest absolute Gasteiger partial charge is 0.341 e. The van der Waals surface area contributed by atoms with Crippen molar-refractivity contribution in [3.8, 4) is 11.3 Å². The van der Waals surface area contributed by atoms with Crippen LogP contribution in [0.25, 0.3) is 11.3 Å². The number of aromatic nitrogens is 1. The molecule has 1 N–H and O–H groups in total. The van der Waals surface area contributed by atoms with E-state index in [0.717, 1.165) is 16.5 Å². The Labute approximate surface area is 113 Å². The summed E-state index contributed by atoms with van der Waals surface area (Å²) in [4.78, 5) is 11.3. The topological polar surface area (TPSA) is 63.3 Å². The van der Waals surface area contributed by atoms with Crippen molar-refractivity contribution in [1.82, 2.24) is 5.16 Å². The average molecular weight is 310 g/mol. The van der Waals surface area contributed by atoms with Gasteiger partial charge in [-0.3, -0.25) is 0 Å². The number of carboxylic acids is 1. The Balaban J connectivity index is 2.54. The summed E-state index contributed by atoms with van der Waals surface area (Å²) in [5.74, 6) is -0.574. The molecule has 0 fully saturated rings. The summed E-state index contributed by atoms with van der Waals surface area (Å²) in [6, 6.07) is 7.33. The summed E-state index contributed by atoms with van der Waals surface area (Å²) in [5, 5.41) is 13.2. The van der Waals surface area contributed by atoms with Crippen molar-refractivity contribution < 1.29 is 14.4 Å². The lowest BCUT2D eigenvalue weighted by molar-refractivity contribution is 0.0695. The van der Waals surface area contributed by atoms with Crippen LogP contribution in [0.4, 0.5) is 0 Å². The Hall–Kier alpha value is -1.62. The van der Waals surface area contributed by atoms with Gasteiger partial charge in [0, 0.05) is 16.5 Å². The van der Waals surface area contributed by atoms with Gasteiger partial charge in [0.25, 0.3) is 0 Å². The molecule has 5 heteroatoms. The largest absolute Gasteiger partial charge is 0.477 e. The lowest BCUT2D eigenvalue weighted by atomic mass is 10.0. The number of rotatable bonds is 4. The van der Waals surface area contributed by atoms with Gasteiger partial charge in [-0.2, -0.15) is 0 Å². The zero-order valence-corrected chi connectivity index (χ0v) is 11.4. The molecule has 0 unspecified atom stereocenters. The Morgan fingerprint density at radius 1 is 1.50 bits per heavy atom. The molecular formula is C13H12BrNO3. The third-order valence-electron chi connectivity index (χ3n) is 2.55. The molecular weight excluding hydrogens is 298 g/mol. The Bertz CT molecular complexity index is 577. The van der Waals surface area contributed by atoms with E-state index in [-0.39, 0.29) is 5.56 Å². The zero-order chi connectivity index (χ0) is 13.1. The van der Waals surface area contributed by atoms with Crippen LogP contribution in [0, 0.1) is 0 Å². The molecule has 0 amide bonds. The molecule has 4 nitrogen and oxygen atoms in total. The fourth-order valence-electron chi connectivity index (χ4n) is 1.78. The fraction of sp³-hybridized carbons (Fsp3) is 0.231. The first-order valence-corrected chi connectivity index (χ1v) is 6.40. The molecule has 2 aromatic rings. The van der Waals surface area contributed by atoms with Crippen LogP contribution in [0.5, 0.6) is 0 Å². The Morgan fingerprint density at radius 2 is 2.28 bits per heavy atom. The van der Waals surface area contributed by atoms with Crippen LogP contribution >= 0.6 is 15.9 Å². The third-order valence-corrected chi connectivity index (χ3v) is 3.04.